The molecule has 0 spiro atoms. The summed E-state index contributed by atoms with van der Waals surface area (Å²) < 4.78 is 0. The van der Waals surface area contributed by atoms with Crippen molar-refractivity contribution in [3.8, 4) is 0 Å². The van der Waals surface area contributed by atoms with Gasteiger partial charge in [-0.2, -0.15) is 0 Å². The molecule has 0 aliphatic carbocycles. The van der Waals surface area contributed by atoms with Crippen molar-refractivity contribution < 1.29 is 14.4 Å². The normalized spacial score (nSPS) is 19.6. The average Bonchev–Trinajstić information content (AvgIpc) is 2.79. The van der Waals surface area contributed by atoms with E-state index >= 15 is 0 Å². The van der Waals surface area contributed by atoms with Crippen molar-refractivity contribution in [2.24, 2.45) is 16.8 Å². The summed E-state index contributed by atoms with van der Waals surface area (Å²) in [4.78, 5) is 41.0. The molecule has 1 heterocycles. The smallest absolute Gasteiger partial charge is 0.243 e. The second-order valence-electron chi connectivity index (χ2n) is 7.78. The molecule has 0 aromatic carbocycles. The highest BCUT2D eigenvalue weighted by molar-refractivity contribution is 5.92. The summed E-state index contributed by atoms with van der Waals surface area (Å²) in [5.74, 6) is -0.623. The molecular weight excluding hydrogens is 332 g/mol. The van der Waals surface area contributed by atoms with Crippen molar-refractivity contribution in [1.82, 2.24) is 16.0 Å². The van der Waals surface area contributed by atoms with E-state index in [1.54, 1.807) is 6.21 Å². The van der Waals surface area contributed by atoms with Gasteiger partial charge in [0.1, 0.15) is 12.1 Å². The Bertz CT molecular complexity index is 517. The average molecular weight is 367 g/mol. The van der Waals surface area contributed by atoms with Crippen LogP contribution in [0.4, 0.5) is 0 Å². The molecule has 0 bridgehead atoms. The Labute approximate surface area is 156 Å². The van der Waals surface area contributed by atoms with Gasteiger partial charge in [-0.3, -0.25) is 19.4 Å². The van der Waals surface area contributed by atoms with Crippen molar-refractivity contribution in [3.05, 3.63) is 0 Å². The summed E-state index contributed by atoms with van der Waals surface area (Å²) in [7, 11) is 0. The minimum Gasteiger partial charge on any atom is -0.347 e. The fourth-order valence-corrected chi connectivity index (χ4v) is 2.95. The maximum absolute atomic E-state index is 12.7. The summed E-state index contributed by atoms with van der Waals surface area (Å²) in [5, 5.41) is 8.48. The molecule has 0 radical (unpaired) electrons. The van der Waals surface area contributed by atoms with Crippen molar-refractivity contribution in [1.29, 1.82) is 0 Å². The molecular formula is C19H34N4O3. The third-order valence-corrected chi connectivity index (χ3v) is 4.31. The van der Waals surface area contributed by atoms with Crippen LogP contribution in [0.2, 0.25) is 0 Å². The first-order chi connectivity index (χ1) is 12.2. The highest BCUT2D eigenvalue weighted by Crippen LogP contribution is 2.10. The number of hydrogen-bond acceptors (Lipinski definition) is 4. The third kappa shape index (κ3) is 7.97. The molecule has 1 aliphatic heterocycles. The molecule has 0 unspecified atom stereocenters. The van der Waals surface area contributed by atoms with Crippen molar-refractivity contribution in [3.63, 3.8) is 0 Å². The van der Waals surface area contributed by atoms with Gasteiger partial charge in [0.25, 0.3) is 0 Å². The van der Waals surface area contributed by atoms with Gasteiger partial charge >= 0.3 is 0 Å². The first-order valence-corrected chi connectivity index (χ1v) is 9.58. The van der Waals surface area contributed by atoms with Crippen LogP contribution in [0.15, 0.2) is 4.99 Å². The third-order valence-electron chi connectivity index (χ3n) is 4.31. The Morgan fingerprint density at radius 2 is 1.77 bits per heavy atom. The lowest BCUT2D eigenvalue weighted by Gasteiger charge is -2.26. The molecule has 148 valence electrons. The van der Waals surface area contributed by atoms with Crippen LogP contribution < -0.4 is 16.0 Å². The molecule has 0 aromatic rings. The maximum atomic E-state index is 12.7. The lowest BCUT2D eigenvalue weighted by atomic mass is 9.99. The van der Waals surface area contributed by atoms with Crippen LogP contribution in [-0.2, 0) is 14.4 Å². The van der Waals surface area contributed by atoms with Gasteiger partial charge in [0.05, 0.1) is 6.04 Å². The summed E-state index contributed by atoms with van der Waals surface area (Å²) in [6.45, 7) is 9.91. The van der Waals surface area contributed by atoms with Crippen LogP contribution in [0, 0.1) is 11.8 Å². The molecule has 3 atom stereocenters. The molecule has 1 rings (SSSR count). The van der Waals surface area contributed by atoms with E-state index in [4.69, 9.17) is 0 Å². The first kappa shape index (κ1) is 22.1. The molecule has 3 amide bonds. The Balaban J connectivity index is 2.78. The van der Waals surface area contributed by atoms with Gasteiger partial charge in [-0.1, -0.05) is 27.7 Å². The number of nitrogens with one attached hydrogen (secondary N) is 3. The van der Waals surface area contributed by atoms with E-state index in [0.717, 1.165) is 25.8 Å². The minimum absolute atomic E-state index is 0.0735. The van der Waals surface area contributed by atoms with Crippen LogP contribution in [0.25, 0.3) is 0 Å². The number of carbonyl (C=O) groups excluding carboxylic acids is 3. The van der Waals surface area contributed by atoms with Crippen LogP contribution in [0.3, 0.4) is 0 Å². The summed E-state index contributed by atoms with van der Waals surface area (Å²) in [6, 6.07) is -1.38. The van der Waals surface area contributed by atoms with Crippen LogP contribution in [-0.4, -0.2) is 48.6 Å². The molecule has 0 saturated carbocycles. The Morgan fingerprint density at radius 3 is 2.35 bits per heavy atom. The minimum atomic E-state index is -0.658. The number of amides is 3. The first-order valence-electron chi connectivity index (χ1n) is 9.58. The van der Waals surface area contributed by atoms with Crippen LogP contribution >= 0.6 is 0 Å². The van der Waals surface area contributed by atoms with E-state index < -0.39 is 12.1 Å². The highest BCUT2D eigenvalue weighted by atomic mass is 16.2. The molecule has 0 saturated heterocycles. The van der Waals surface area contributed by atoms with Crippen molar-refractivity contribution in [2.75, 3.05) is 6.54 Å². The standard InChI is InChI=1S/C19H34N4O3/c1-12(2)10-16(18(25)22-15-8-6-7-9-20-11-15)23-19(26)17(13(3)4)21-14(5)24/h11-13,15-17H,6-10H2,1-5H3,(H,21,24)(H,22,25)(H,23,26)/t15-,16-,17-/m0/s1. The SMILES string of the molecule is CC(=O)N[C@H](C(=O)N[C@@H](CC(C)C)C(=O)N[C@@H]1C=NCCCC1)C(C)C. The lowest BCUT2D eigenvalue weighted by Crippen LogP contribution is -2.56. The predicted octanol–water partition coefficient (Wildman–Crippen LogP) is 1.42. The van der Waals surface area contributed by atoms with Gasteiger partial charge in [0.15, 0.2) is 0 Å². The molecule has 26 heavy (non-hydrogen) atoms. The maximum Gasteiger partial charge on any atom is 0.243 e. The van der Waals surface area contributed by atoms with E-state index in [9.17, 15) is 14.4 Å². The van der Waals surface area contributed by atoms with E-state index in [2.05, 4.69) is 20.9 Å². The predicted molar refractivity (Wildman–Crippen MR) is 103 cm³/mol. The van der Waals surface area contributed by atoms with Crippen LogP contribution in [0.5, 0.6) is 0 Å². The Kier molecular flexibility index (Phi) is 9.30. The summed E-state index contributed by atoms with van der Waals surface area (Å²) in [5.41, 5.74) is 0. The number of aliphatic imine (C=N–C) groups is 1. The molecule has 0 aromatic heterocycles. The van der Waals surface area contributed by atoms with Gasteiger partial charge in [-0.25, -0.2) is 0 Å². The molecule has 1 aliphatic rings. The van der Waals surface area contributed by atoms with Crippen molar-refractivity contribution >= 4 is 23.9 Å². The topological polar surface area (TPSA) is 99.7 Å². The van der Waals surface area contributed by atoms with E-state index in [0.29, 0.717) is 6.42 Å². The van der Waals surface area contributed by atoms with Crippen LogP contribution in [0.1, 0.15) is 60.3 Å². The number of rotatable bonds is 8. The summed E-state index contributed by atoms with van der Waals surface area (Å²) >= 11 is 0. The van der Waals surface area contributed by atoms with Gasteiger partial charge in [0.2, 0.25) is 17.7 Å². The van der Waals surface area contributed by atoms with Gasteiger partial charge in [0, 0.05) is 19.7 Å². The fourth-order valence-electron chi connectivity index (χ4n) is 2.95. The zero-order chi connectivity index (χ0) is 19.7. The molecule has 0 fully saturated rings. The van der Waals surface area contributed by atoms with Gasteiger partial charge in [-0.15, -0.1) is 0 Å². The van der Waals surface area contributed by atoms with E-state index in [1.807, 2.05) is 27.7 Å². The Morgan fingerprint density at radius 1 is 1.08 bits per heavy atom. The van der Waals surface area contributed by atoms with Gasteiger partial charge in [-0.05, 0) is 37.5 Å². The van der Waals surface area contributed by atoms with E-state index in [1.165, 1.54) is 6.92 Å². The van der Waals surface area contributed by atoms with E-state index in [-0.39, 0.29) is 35.6 Å². The number of nitrogens with zero attached hydrogens (tertiary/aromatic N) is 1. The molecule has 7 nitrogen and oxygen atoms in total. The zero-order valence-corrected chi connectivity index (χ0v) is 16.7. The highest BCUT2D eigenvalue weighted by Gasteiger charge is 2.29. The number of hydrogen-bond donors (Lipinski definition) is 3. The lowest BCUT2D eigenvalue weighted by molar-refractivity contribution is -0.133. The molecule has 3 N–H and O–H groups in total. The second-order valence-corrected chi connectivity index (χ2v) is 7.78. The largest absolute Gasteiger partial charge is 0.347 e. The van der Waals surface area contributed by atoms with Crippen molar-refractivity contribution in [2.45, 2.75) is 78.4 Å². The fraction of sp³-hybridized carbons (Fsp3) is 0.789. The number of carbonyl (C=O) groups is 3. The quantitative estimate of drug-likeness (QED) is 0.606. The second kappa shape index (κ2) is 10.9. The van der Waals surface area contributed by atoms with Gasteiger partial charge < -0.3 is 16.0 Å². The summed E-state index contributed by atoms with van der Waals surface area (Å²) in [6.07, 6.45) is 5.24. The zero-order valence-electron chi connectivity index (χ0n) is 16.7. The molecule has 7 heteroatoms. The monoisotopic (exact) mass is 366 g/mol. The Hall–Kier alpha value is -1.92.